The van der Waals surface area contributed by atoms with Gasteiger partial charge in [0, 0.05) is 12.1 Å². The van der Waals surface area contributed by atoms with Crippen molar-refractivity contribution in [1.82, 2.24) is 9.80 Å². The first kappa shape index (κ1) is 13.4. The molecule has 0 aromatic carbocycles. The third kappa shape index (κ3) is 1.82. The Kier molecular flexibility index (Phi) is 3.64. The average molecular weight is 252 g/mol. The van der Waals surface area contributed by atoms with Crippen LogP contribution < -0.4 is 0 Å². The summed E-state index contributed by atoms with van der Waals surface area (Å²) in [4.78, 5) is 28.4. The van der Waals surface area contributed by atoms with E-state index in [4.69, 9.17) is 0 Å². The van der Waals surface area contributed by atoms with Gasteiger partial charge in [0.25, 0.3) is 0 Å². The van der Waals surface area contributed by atoms with Gasteiger partial charge in [-0.05, 0) is 32.1 Å². The molecule has 2 aliphatic rings. The van der Waals surface area contributed by atoms with Crippen LogP contribution in [0.4, 0.5) is 0 Å². The van der Waals surface area contributed by atoms with Gasteiger partial charge in [-0.3, -0.25) is 9.59 Å². The van der Waals surface area contributed by atoms with Gasteiger partial charge in [0.2, 0.25) is 11.8 Å². The summed E-state index contributed by atoms with van der Waals surface area (Å²) in [6.45, 7) is 7.40. The summed E-state index contributed by atoms with van der Waals surface area (Å²) < 4.78 is 0. The molecule has 2 rings (SSSR count). The summed E-state index contributed by atoms with van der Waals surface area (Å²) >= 11 is 0. The molecule has 2 aliphatic heterocycles. The fraction of sp³-hybridized carbons (Fsp3) is 0.857. The van der Waals surface area contributed by atoms with Crippen molar-refractivity contribution >= 4 is 11.8 Å². The van der Waals surface area contributed by atoms with Gasteiger partial charge in [0.1, 0.15) is 12.6 Å². The van der Waals surface area contributed by atoms with Crippen molar-refractivity contribution in [1.29, 1.82) is 0 Å². The van der Waals surface area contributed by atoms with Crippen molar-refractivity contribution in [3.63, 3.8) is 0 Å². The highest BCUT2D eigenvalue weighted by Gasteiger charge is 2.47. The third-order valence-electron chi connectivity index (χ3n) is 4.96. The first-order valence-corrected chi connectivity index (χ1v) is 7.20. The minimum Gasteiger partial charge on any atom is -0.329 e. The molecule has 2 fully saturated rings. The number of amides is 2. The molecule has 0 aromatic rings. The predicted molar refractivity (Wildman–Crippen MR) is 70.1 cm³/mol. The van der Waals surface area contributed by atoms with Crippen LogP contribution >= 0.6 is 0 Å². The first-order chi connectivity index (χ1) is 8.59. The Hall–Kier alpha value is -1.06. The lowest BCUT2D eigenvalue weighted by Gasteiger charge is -2.47. The summed E-state index contributed by atoms with van der Waals surface area (Å²) in [5, 5.41) is 0. The number of hydrogen-bond acceptors (Lipinski definition) is 2. The van der Waals surface area contributed by atoms with Crippen LogP contribution in [0.5, 0.6) is 0 Å². The van der Waals surface area contributed by atoms with E-state index in [1.165, 1.54) is 0 Å². The summed E-state index contributed by atoms with van der Waals surface area (Å²) in [5.41, 5.74) is -0.124. The average Bonchev–Trinajstić information content (AvgIpc) is 2.88. The number of rotatable bonds is 4. The number of hydrogen-bond donors (Lipinski definition) is 0. The zero-order chi connectivity index (χ0) is 13.3. The van der Waals surface area contributed by atoms with Crippen LogP contribution in [0.15, 0.2) is 0 Å². The molecule has 2 heterocycles. The lowest BCUT2D eigenvalue weighted by molar-refractivity contribution is -0.160. The lowest BCUT2D eigenvalue weighted by atomic mass is 9.86. The van der Waals surface area contributed by atoms with Crippen LogP contribution in [-0.4, -0.2) is 46.3 Å². The number of nitrogens with zero attached hydrogens (tertiary/aromatic N) is 2. The van der Waals surface area contributed by atoms with Crippen LogP contribution in [0.1, 0.15) is 52.9 Å². The van der Waals surface area contributed by atoms with E-state index >= 15 is 0 Å². The second-order valence-corrected chi connectivity index (χ2v) is 5.45. The number of fused-ring (bicyclic) bond motifs is 1. The molecular weight excluding hydrogens is 228 g/mol. The highest BCUT2D eigenvalue weighted by atomic mass is 16.2. The van der Waals surface area contributed by atoms with Gasteiger partial charge in [0.15, 0.2) is 0 Å². The van der Waals surface area contributed by atoms with E-state index in [0.717, 1.165) is 38.6 Å². The van der Waals surface area contributed by atoms with Crippen LogP contribution in [0.3, 0.4) is 0 Å². The van der Waals surface area contributed by atoms with E-state index in [-0.39, 0.29) is 29.9 Å². The van der Waals surface area contributed by atoms with Crippen molar-refractivity contribution < 1.29 is 9.59 Å². The molecule has 4 heteroatoms. The van der Waals surface area contributed by atoms with Gasteiger partial charge in [-0.2, -0.15) is 0 Å². The topological polar surface area (TPSA) is 40.6 Å². The maximum atomic E-state index is 12.6. The molecule has 2 amide bonds. The fourth-order valence-electron chi connectivity index (χ4n) is 3.53. The normalized spacial score (nSPS) is 24.7. The Bertz CT molecular complexity index is 341. The number of carbonyl (C=O) groups is 2. The van der Waals surface area contributed by atoms with Gasteiger partial charge >= 0.3 is 0 Å². The van der Waals surface area contributed by atoms with Crippen molar-refractivity contribution in [3.05, 3.63) is 0 Å². The monoisotopic (exact) mass is 252 g/mol. The zero-order valence-corrected chi connectivity index (χ0v) is 11.7. The molecule has 18 heavy (non-hydrogen) atoms. The molecule has 0 aromatic heterocycles. The minimum absolute atomic E-state index is 0.124. The van der Waals surface area contributed by atoms with Gasteiger partial charge in [-0.15, -0.1) is 0 Å². The molecule has 0 radical (unpaired) electrons. The Morgan fingerprint density at radius 2 is 1.78 bits per heavy atom. The van der Waals surface area contributed by atoms with Crippen molar-refractivity contribution in [3.8, 4) is 0 Å². The Morgan fingerprint density at radius 3 is 2.33 bits per heavy atom. The molecular formula is C14H24N2O2. The highest BCUT2D eigenvalue weighted by molar-refractivity contribution is 5.95. The molecule has 0 saturated carbocycles. The summed E-state index contributed by atoms with van der Waals surface area (Å²) in [5.74, 6) is 0.314. The third-order valence-corrected chi connectivity index (χ3v) is 4.96. The van der Waals surface area contributed by atoms with E-state index in [1.807, 2.05) is 4.90 Å². The molecule has 0 aliphatic carbocycles. The smallest absolute Gasteiger partial charge is 0.246 e. The Labute approximate surface area is 109 Å². The molecule has 1 atom stereocenters. The SMILES string of the molecule is CCC(CC)(CC)N1CC(=O)N2CCCC2C1=O. The van der Waals surface area contributed by atoms with Crippen LogP contribution in [-0.2, 0) is 9.59 Å². The Morgan fingerprint density at radius 1 is 1.17 bits per heavy atom. The molecule has 0 N–H and O–H groups in total. The highest BCUT2D eigenvalue weighted by Crippen LogP contribution is 2.33. The minimum atomic E-state index is -0.171. The first-order valence-electron chi connectivity index (χ1n) is 7.20. The summed E-state index contributed by atoms with van der Waals surface area (Å²) in [6, 6.07) is -0.171. The standard InChI is InChI=1S/C14H24N2O2/c1-4-14(5-2,6-3)16-10-12(17)15-9-7-8-11(15)13(16)18/h11H,4-10H2,1-3H3. The number of piperazine rings is 1. The molecule has 2 saturated heterocycles. The van der Waals surface area contributed by atoms with E-state index in [9.17, 15) is 9.59 Å². The second kappa shape index (κ2) is 4.90. The van der Waals surface area contributed by atoms with Crippen molar-refractivity contribution in [2.24, 2.45) is 0 Å². The molecule has 0 spiro atoms. The van der Waals surface area contributed by atoms with E-state index in [2.05, 4.69) is 20.8 Å². The van der Waals surface area contributed by atoms with Crippen LogP contribution in [0, 0.1) is 0 Å². The van der Waals surface area contributed by atoms with E-state index in [1.54, 1.807) is 4.90 Å². The fourth-order valence-corrected chi connectivity index (χ4v) is 3.53. The molecule has 4 nitrogen and oxygen atoms in total. The zero-order valence-electron chi connectivity index (χ0n) is 11.7. The summed E-state index contributed by atoms with van der Waals surface area (Å²) in [7, 11) is 0. The van der Waals surface area contributed by atoms with E-state index < -0.39 is 0 Å². The molecule has 1 unspecified atom stereocenters. The summed E-state index contributed by atoms with van der Waals surface area (Å²) in [6.07, 6.45) is 4.57. The van der Waals surface area contributed by atoms with Gasteiger partial charge < -0.3 is 9.80 Å². The lowest BCUT2D eigenvalue weighted by Crippen LogP contribution is -2.64. The molecule has 0 bridgehead atoms. The predicted octanol–water partition coefficient (Wildman–Crippen LogP) is 1.79. The maximum absolute atomic E-state index is 12.6. The van der Waals surface area contributed by atoms with Crippen molar-refractivity contribution in [2.45, 2.75) is 64.5 Å². The van der Waals surface area contributed by atoms with Crippen LogP contribution in [0.25, 0.3) is 0 Å². The van der Waals surface area contributed by atoms with E-state index in [0.29, 0.717) is 0 Å². The number of carbonyl (C=O) groups excluding carboxylic acids is 2. The quantitative estimate of drug-likeness (QED) is 0.765. The Balaban J connectivity index is 2.28. The van der Waals surface area contributed by atoms with Crippen LogP contribution in [0.2, 0.25) is 0 Å². The second-order valence-electron chi connectivity index (χ2n) is 5.45. The van der Waals surface area contributed by atoms with Gasteiger partial charge in [-0.1, -0.05) is 20.8 Å². The largest absolute Gasteiger partial charge is 0.329 e. The molecule has 102 valence electrons. The maximum Gasteiger partial charge on any atom is 0.246 e. The van der Waals surface area contributed by atoms with Gasteiger partial charge in [-0.25, -0.2) is 0 Å². The van der Waals surface area contributed by atoms with Crippen molar-refractivity contribution in [2.75, 3.05) is 13.1 Å². The van der Waals surface area contributed by atoms with Gasteiger partial charge in [0.05, 0.1) is 0 Å².